The van der Waals surface area contributed by atoms with Crippen molar-refractivity contribution in [1.82, 2.24) is 25.0 Å². The number of aryl methyl sites for hydroxylation is 1. The summed E-state index contributed by atoms with van der Waals surface area (Å²) in [5.41, 5.74) is 4.11. The van der Waals surface area contributed by atoms with Crippen molar-refractivity contribution in [2.75, 3.05) is 11.9 Å². The SMILES string of the molecule is CCn1nnc2c(NCCC(c3ccccc3)c3ccccc3)ncnc21. The first-order valence-corrected chi connectivity index (χ1v) is 9.24. The zero-order chi connectivity index (χ0) is 18.5. The normalized spacial score (nSPS) is 11.2. The van der Waals surface area contributed by atoms with Crippen LogP contribution in [0.4, 0.5) is 5.82 Å². The molecule has 0 saturated heterocycles. The van der Waals surface area contributed by atoms with E-state index in [2.05, 4.69) is 86.3 Å². The molecule has 0 aliphatic heterocycles. The maximum atomic E-state index is 4.36. The Morgan fingerprint density at radius 1 is 0.926 bits per heavy atom. The van der Waals surface area contributed by atoms with Crippen LogP contribution in [0.15, 0.2) is 67.0 Å². The van der Waals surface area contributed by atoms with Crippen LogP contribution in [0.3, 0.4) is 0 Å². The van der Waals surface area contributed by atoms with Gasteiger partial charge in [0.15, 0.2) is 17.0 Å². The molecule has 4 rings (SSSR count). The van der Waals surface area contributed by atoms with E-state index in [1.54, 1.807) is 11.0 Å². The molecule has 136 valence electrons. The Bertz CT molecular complexity index is 958. The van der Waals surface area contributed by atoms with Gasteiger partial charge in [0.1, 0.15) is 6.33 Å². The van der Waals surface area contributed by atoms with Crippen molar-refractivity contribution in [3.05, 3.63) is 78.1 Å². The highest BCUT2D eigenvalue weighted by atomic mass is 15.4. The molecule has 1 N–H and O–H groups in total. The summed E-state index contributed by atoms with van der Waals surface area (Å²) < 4.78 is 1.78. The lowest BCUT2D eigenvalue weighted by molar-refractivity contribution is 0.641. The van der Waals surface area contributed by atoms with E-state index in [0.717, 1.165) is 36.5 Å². The molecular weight excluding hydrogens is 336 g/mol. The molecule has 0 spiro atoms. The molecule has 0 saturated carbocycles. The van der Waals surface area contributed by atoms with E-state index in [4.69, 9.17) is 0 Å². The minimum Gasteiger partial charge on any atom is -0.368 e. The second kappa shape index (κ2) is 7.95. The van der Waals surface area contributed by atoms with Gasteiger partial charge in [0.2, 0.25) is 0 Å². The highest BCUT2D eigenvalue weighted by Crippen LogP contribution is 2.28. The standard InChI is InChI=1S/C21H22N6/c1-2-27-21-19(25-26-27)20(23-15-24-21)22-14-13-18(16-9-5-3-6-10-16)17-11-7-4-8-12-17/h3-12,15,18H,2,13-14H2,1H3,(H,22,23,24). The maximum Gasteiger partial charge on any atom is 0.183 e. The average molecular weight is 358 g/mol. The summed E-state index contributed by atoms with van der Waals surface area (Å²) >= 11 is 0. The Morgan fingerprint density at radius 3 is 2.22 bits per heavy atom. The number of benzene rings is 2. The predicted octanol–water partition coefficient (Wildman–Crippen LogP) is 3.88. The molecule has 0 atom stereocenters. The van der Waals surface area contributed by atoms with Gasteiger partial charge in [-0.25, -0.2) is 14.6 Å². The molecule has 2 heterocycles. The third-order valence-electron chi connectivity index (χ3n) is 4.73. The number of fused-ring (bicyclic) bond motifs is 1. The van der Waals surface area contributed by atoms with Crippen LogP contribution in [-0.4, -0.2) is 31.5 Å². The number of nitrogens with zero attached hydrogens (tertiary/aromatic N) is 5. The van der Waals surface area contributed by atoms with Gasteiger partial charge in [0, 0.05) is 19.0 Å². The summed E-state index contributed by atoms with van der Waals surface area (Å²) in [4.78, 5) is 8.66. The van der Waals surface area contributed by atoms with Crippen molar-refractivity contribution in [3.8, 4) is 0 Å². The molecule has 0 unspecified atom stereocenters. The fourth-order valence-electron chi connectivity index (χ4n) is 3.37. The van der Waals surface area contributed by atoms with E-state index in [1.165, 1.54) is 11.1 Å². The molecule has 0 fully saturated rings. The zero-order valence-electron chi connectivity index (χ0n) is 15.3. The quantitative estimate of drug-likeness (QED) is 0.543. The smallest absolute Gasteiger partial charge is 0.183 e. The van der Waals surface area contributed by atoms with Crippen LogP contribution in [-0.2, 0) is 6.54 Å². The fourth-order valence-corrected chi connectivity index (χ4v) is 3.37. The number of rotatable bonds is 7. The zero-order valence-corrected chi connectivity index (χ0v) is 15.3. The van der Waals surface area contributed by atoms with Gasteiger partial charge in [-0.05, 0) is 24.5 Å². The van der Waals surface area contributed by atoms with Gasteiger partial charge in [-0.3, -0.25) is 0 Å². The van der Waals surface area contributed by atoms with Gasteiger partial charge >= 0.3 is 0 Å². The molecule has 2 aromatic carbocycles. The summed E-state index contributed by atoms with van der Waals surface area (Å²) in [6.45, 7) is 3.53. The highest BCUT2D eigenvalue weighted by Gasteiger charge is 2.15. The first kappa shape index (κ1) is 17.1. The first-order chi connectivity index (χ1) is 13.4. The van der Waals surface area contributed by atoms with Crippen LogP contribution in [0.2, 0.25) is 0 Å². The van der Waals surface area contributed by atoms with E-state index in [1.807, 2.05) is 6.92 Å². The van der Waals surface area contributed by atoms with Gasteiger partial charge < -0.3 is 5.32 Å². The second-order valence-corrected chi connectivity index (χ2v) is 6.39. The van der Waals surface area contributed by atoms with Crippen molar-refractivity contribution in [1.29, 1.82) is 0 Å². The van der Waals surface area contributed by atoms with Gasteiger partial charge in [-0.1, -0.05) is 65.9 Å². The van der Waals surface area contributed by atoms with Crippen LogP contribution in [0.5, 0.6) is 0 Å². The van der Waals surface area contributed by atoms with Gasteiger partial charge in [-0.15, -0.1) is 5.10 Å². The van der Waals surface area contributed by atoms with Gasteiger partial charge in [0.25, 0.3) is 0 Å². The Labute approximate surface area is 158 Å². The van der Waals surface area contributed by atoms with Crippen molar-refractivity contribution in [3.63, 3.8) is 0 Å². The Hall–Kier alpha value is -3.28. The minimum atomic E-state index is 0.323. The molecule has 27 heavy (non-hydrogen) atoms. The van der Waals surface area contributed by atoms with Crippen LogP contribution >= 0.6 is 0 Å². The Morgan fingerprint density at radius 2 is 1.59 bits per heavy atom. The van der Waals surface area contributed by atoms with E-state index in [-0.39, 0.29) is 0 Å². The average Bonchev–Trinajstić information content (AvgIpc) is 3.16. The molecule has 0 aliphatic carbocycles. The molecule has 0 aliphatic rings. The molecule has 0 radical (unpaired) electrons. The lowest BCUT2D eigenvalue weighted by Gasteiger charge is -2.18. The number of aromatic nitrogens is 5. The monoisotopic (exact) mass is 358 g/mol. The Balaban J connectivity index is 1.53. The number of hydrogen-bond acceptors (Lipinski definition) is 5. The summed E-state index contributed by atoms with van der Waals surface area (Å²) in [5.74, 6) is 1.06. The van der Waals surface area contributed by atoms with Crippen molar-refractivity contribution in [2.24, 2.45) is 0 Å². The molecular formula is C21H22N6. The number of nitrogens with one attached hydrogen (secondary N) is 1. The van der Waals surface area contributed by atoms with Gasteiger partial charge in [0.05, 0.1) is 0 Å². The minimum absolute atomic E-state index is 0.323. The second-order valence-electron chi connectivity index (χ2n) is 6.39. The van der Waals surface area contributed by atoms with Crippen molar-refractivity contribution in [2.45, 2.75) is 25.8 Å². The number of anilines is 1. The van der Waals surface area contributed by atoms with Crippen LogP contribution in [0.1, 0.15) is 30.4 Å². The van der Waals surface area contributed by atoms with Crippen LogP contribution in [0, 0.1) is 0 Å². The third-order valence-corrected chi connectivity index (χ3v) is 4.73. The Kier molecular flexibility index (Phi) is 5.05. The molecule has 6 heteroatoms. The summed E-state index contributed by atoms with van der Waals surface area (Å²) in [6, 6.07) is 21.2. The molecule has 0 amide bonds. The topological polar surface area (TPSA) is 68.5 Å². The van der Waals surface area contributed by atoms with Crippen molar-refractivity contribution < 1.29 is 0 Å². The predicted molar refractivity (Wildman–Crippen MR) is 107 cm³/mol. The summed E-state index contributed by atoms with van der Waals surface area (Å²) in [5, 5.41) is 11.8. The summed E-state index contributed by atoms with van der Waals surface area (Å²) in [7, 11) is 0. The van der Waals surface area contributed by atoms with E-state index >= 15 is 0 Å². The first-order valence-electron chi connectivity index (χ1n) is 9.24. The van der Waals surface area contributed by atoms with Crippen LogP contribution < -0.4 is 5.32 Å². The lowest BCUT2D eigenvalue weighted by atomic mass is 9.88. The van der Waals surface area contributed by atoms with E-state index in [0.29, 0.717) is 5.92 Å². The van der Waals surface area contributed by atoms with Crippen molar-refractivity contribution >= 4 is 17.0 Å². The maximum absolute atomic E-state index is 4.36. The fraction of sp³-hybridized carbons (Fsp3) is 0.238. The molecule has 4 aromatic rings. The largest absolute Gasteiger partial charge is 0.368 e. The molecule has 2 aromatic heterocycles. The summed E-state index contributed by atoms with van der Waals surface area (Å²) in [6.07, 6.45) is 2.51. The van der Waals surface area contributed by atoms with E-state index < -0.39 is 0 Å². The van der Waals surface area contributed by atoms with E-state index in [9.17, 15) is 0 Å². The third kappa shape index (κ3) is 3.65. The molecule has 6 nitrogen and oxygen atoms in total. The molecule has 0 bridgehead atoms. The highest BCUT2D eigenvalue weighted by molar-refractivity contribution is 5.81. The van der Waals surface area contributed by atoms with Gasteiger partial charge in [-0.2, -0.15) is 0 Å². The number of hydrogen-bond donors (Lipinski definition) is 1. The van der Waals surface area contributed by atoms with Crippen LogP contribution in [0.25, 0.3) is 11.2 Å². The lowest BCUT2D eigenvalue weighted by Crippen LogP contribution is -2.10.